The molecule has 0 aromatic carbocycles. The maximum atomic E-state index is 13.0. The predicted octanol–water partition coefficient (Wildman–Crippen LogP) is -0.934. The molecule has 11 heteroatoms. The molecular formula is C21H41N5O6. The number of carboxylic acid groups (broad SMARTS) is 1. The van der Waals surface area contributed by atoms with Gasteiger partial charge in [-0.2, -0.15) is 0 Å². The smallest absolute Gasteiger partial charge is 0.328 e. The van der Waals surface area contributed by atoms with Gasteiger partial charge >= 0.3 is 5.97 Å². The lowest BCUT2D eigenvalue weighted by Gasteiger charge is -2.28. The van der Waals surface area contributed by atoms with Gasteiger partial charge in [0.1, 0.15) is 18.1 Å². The van der Waals surface area contributed by atoms with E-state index < -0.39 is 54.5 Å². The van der Waals surface area contributed by atoms with E-state index in [1.807, 2.05) is 20.8 Å². The van der Waals surface area contributed by atoms with Crippen molar-refractivity contribution in [2.45, 2.75) is 84.0 Å². The van der Waals surface area contributed by atoms with Gasteiger partial charge < -0.3 is 37.6 Å². The Hall–Kier alpha value is -2.24. The summed E-state index contributed by atoms with van der Waals surface area (Å²) in [6.07, 6.45) is 2.64. The van der Waals surface area contributed by atoms with Crippen molar-refractivity contribution in [2.24, 2.45) is 23.3 Å². The van der Waals surface area contributed by atoms with Crippen molar-refractivity contribution in [3.8, 4) is 0 Å². The fourth-order valence-electron chi connectivity index (χ4n) is 2.94. The molecule has 11 nitrogen and oxygen atoms in total. The fraction of sp³-hybridized carbons (Fsp3) is 0.810. The van der Waals surface area contributed by atoms with Crippen molar-refractivity contribution < 1.29 is 29.4 Å². The summed E-state index contributed by atoms with van der Waals surface area (Å²) in [4.78, 5) is 49.4. The van der Waals surface area contributed by atoms with Crippen molar-refractivity contribution in [2.75, 3.05) is 13.2 Å². The predicted molar refractivity (Wildman–Crippen MR) is 120 cm³/mol. The molecule has 0 saturated carbocycles. The molecule has 0 bridgehead atoms. The molecule has 0 saturated heterocycles. The lowest BCUT2D eigenvalue weighted by Crippen LogP contribution is -2.59. The number of carboxylic acids is 1. The Balaban J connectivity index is 5.50. The molecule has 9 N–H and O–H groups in total. The van der Waals surface area contributed by atoms with Gasteiger partial charge in [0.2, 0.25) is 17.7 Å². The van der Waals surface area contributed by atoms with E-state index in [1.165, 1.54) is 0 Å². The van der Waals surface area contributed by atoms with E-state index in [0.717, 1.165) is 0 Å². The van der Waals surface area contributed by atoms with E-state index in [1.54, 1.807) is 6.92 Å². The number of carbonyl (C=O) groups is 4. The highest BCUT2D eigenvalue weighted by atomic mass is 16.4. The lowest BCUT2D eigenvalue weighted by atomic mass is 9.95. The zero-order valence-electron chi connectivity index (χ0n) is 19.6. The number of nitrogens with two attached hydrogens (primary N) is 2. The Kier molecular flexibility index (Phi) is 14.5. The summed E-state index contributed by atoms with van der Waals surface area (Å²) in [5.74, 6) is -3.45. The second kappa shape index (κ2) is 15.5. The molecule has 0 aliphatic carbocycles. The van der Waals surface area contributed by atoms with Crippen LogP contribution in [0.5, 0.6) is 0 Å². The molecule has 0 spiro atoms. The number of amides is 3. The Labute approximate surface area is 190 Å². The van der Waals surface area contributed by atoms with E-state index in [4.69, 9.17) is 16.6 Å². The van der Waals surface area contributed by atoms with Gasteiger partial charge in [-0.05, 0) is 37.6 Å². The van der Waals surface area contributed by atoms with Gasteiger partial charge in [-0.25, -0.2) is 4.79 Å². The Morgan fingerprint density at radius 2 is 1.41 bits per heavy atom. The van der Waals surface area contributed by atoms with Gasteiger partial charge in [-0.15, -0.1) is 0 Å². The largest absolute Gasteiger partial charge is 0.480 e. The minimum Gasteiger partial charge on any atom is -0.480 e. The van der Waals surface area contributed by atoms with Crippen LogP contribution in [-0.2, 0) is 19.2 Å². The van der Waals surface area contributed by atoms with E-state index in [9.17, 15) is 24.3 Å². The summed E-state index contributed by atoms with van der Waals surface area (Å²) in [5, 5.41) is 25.8. The molecule has 0 aliphatic heterocycles. The standard InChI is InChI=1S/C21H41N5O6/c1-5-12(3)16(23)19(29)26-17(13(4)6-2)20(30)24-14(9-7-8-10-22)18(28)25-15(11-27)21(31)32/h12-17,27H,5-11,22-23H2,1-4H3,(H,24,30)(H,25,28)(H,26,29)(H,31,32). The lowest BCUT2D eigenvalue weighted by molar-refractivity contribution is -0.143. The molecule has 0 aromatic heterocycles. The van der Waals surface area contributed by atoms with E-state index >= 15 is 0 Å². The first kappa shape index (κ1) is 29.8. The van der Waals surface area contributed by atoms with Crippen LogP contribution < -0.4 is 27.4 Å². The van der Waals surface area contributed by atoms with E-state index in [0.29, 0.717) is 32.2 Å². The van der Waals surface area contributed by atoms with Crippen molar-refractivity contribution in [1.29, 1.82) is 0 Å². The van der Waals surface area contributed by atoms with Gasteiger partial charge in [-0.1, -0.05) is 40.5 Å². The normalized spacial score (nSPS) is 16.7. The zero-order chi connectivity index (χ0) is 24.8. The first-order valence-electron chi connectivity index (χ1n) is 11.2. The molecule has 0 heterocycles. The number of aliphatic hydroxyl groups excluding tert-OH is 1. The van der Waals surface area contributed by atoms with Crippen molar-refractivity contribution in [1.82, 2.24) is 16.0 Å². The van der Waals surface area contributed by atoms with Crippen LogP contribution in [0, 0.1) is 11.8 Å². The van der Waals surface area contributed by atoms with Crippen LogP contribution >= 0.6 is 0 Å². The Morgan fingerprint density at radius 1 is 0.844 bits per heavy atom. The summed E-state index contributed by atoms with van der Waals surface area (Å²) in [7, 11) is 0. The maximum absolute atomic E-state index is 13.0. The van der Waals surface area contributed by atoms with Crippen molar-refractivity contribution >= 4 is 23.7 Å². The van der Waals surface area contributed by atoms with Gasteiger partial charge in [0.15, 0.2) is 0 Å². The van der Waals surface area contributed by atoms with Crippen LogP contribution in [-0.4, -0.2) is 71.2 Å². The molecule has 0 aliphatic rings. The molecule has 0 aromatic rings. The summed E-state index contributed by atoms with van der Waals surface area (Å²) in [6.45, 7) is 7.04. The van der Waals surface area contributed by atoms with Crippen LogP contribution in [0.3, 0.4) is 0 Å². The fourth-order valence-corrected chi connectivity index (χ4v) is 2.94. The molecule has 32 heavy (non-hydrogen) atoms. The average Bonchev–Trinajstić information content (AvgIpc) is 2.77. The van der Waals surface area contributed by atoms with Crippen LogP contribution in [0.1, 0.15) is 59.8 Å². The third-order valence-corrected chi connectivity index (χ3v) is 5.73. The van der Waals surface area contributed by atoms with E-state index in [2.05, 4.69) is 16.0 Å². The number of unbranched alkanes of at least 4 members (excludes halogenated alkanes) is 1. The third-order valence-electron chi connectivity index (χ3n) is 5.73. The molecule has 3 amide bonds. The molecule has 6 unspecified atom stereocenters. The molecule has 0 fully saturated rings. The minimum atomic E-state index is -1.49. The number of aliphatic hydroxyl groups is 1. The number of aliphatic carboxylic acids is 1. The van der Waals surface area contributed by atoms with Crippen molar-refractivity contribution in [3.05, 3.63) is 0 Å². The summed E-state index contributed by atoms with van der Waals surface area (Å²) in [5.41, 5.74) is 11.5. The Bertz CT molecular complexity index is 617. The van der Waals surface area contributed by atoms with Crippen LogP contribution in [0.25, 0.3) is 0 Å². The number of rotatable bonds is 16. The first-order valence-corrected chi connectivity index (χ1v) is 11.2. The molecular weight excluding hydrogens is 418 g/mol. The van der Waals surface area contributed by atoms with Gasteiger partial charge in [-0.3, -0.25) is 14.4 Å². The van der Waals surface area contributed by atoms with Gasteiger partial charge in [0, 0.05) is 0 Å². The summed E-state index contributed by atoms with van der Waals surface area (Å²) >= 11 is 0. The van der Waals surface area contributed by atoms with Crippen molar-refractivity contribution in [3.63, 3.8) is 0 Å². The number of carbonyl (C=O) groups excluding carboxylic acids is 3. The monoisotopic (exact) mass is 459 g/mol. The first-order chi connectivity index (χ1) is 15.0. The second-order valence-electron chi connectivity index (χ2n) is 8.21. The highest BCUT2D eigenvalue weighted by molar-refractivity contribution is 5.94. The highest BCUT2D eigenvalue weighted by Crippen LogP contribution is 2.12. The number of nitrogens with one attached hydrogen (secondary N) is 3. The Morgan fingerprint density at radius 3 is 1.88 bits per heavy atom. The number of hydrogen-bond donors (Lipinski definition) is 7. The van der Waals surface area contributed by atoms with Crippen LogP contribution in [0.4, 0.5) is 0 Å². The summed E-state index contributed by atoms with van der Waals surface area (Å²) < 4.78 is 0. The number of hydrogen-bond acceptors (Lipinski definition) is 7. The van der Waals surface area contributed by atoms with Gasteiger partial charge in [0.25, 0.3) is 0 Å². The SMILES string of the molecule is CCC(C)C(N)C(=O)NC(C(=O)NC(CCCCN)C(=O)NC(CO)C(=O)O)C(C)CC. The maximum Gasteiger partial charge on any atom is 0.328 e. The molecule has 0 radical (unpaired) electrons. The van der Waals surface area contributed by atoms with Gasteiger partial charge in [0.05, 0.1) is 12.6 Å². The second-order valence-corrected chi connectivity index (χ2v) is 8.21. The highest BCUT2D eigenvalue weighted by Gasteiger charge is 2.32. The molecule has 0 rings (SSSR count). The average molecular weight is 460 g/mol. The van der Waals surface area contributed by atoms with Crippen LogP contribution in [0.15, 0.2) is 0 Å². The topological polar surface area (TPSA) is 197 Å². The summed E-state index contributed by atoms with van der Waals surface area (Å²) in [6, 6.07) is -4.23. The third kappa shape index (κ3) is 9.92. The molecule has 6 atom stereocenters. The van der Waals surface area contributed by atoms with Crippen LogP contribution in [0.2, 0.25) is 0 Å². The molecule has 186 valence electrons. The minimum absolute atomic E-state index is 0.0723. The zero-order valence-corrected chi connectivity index (χ0v) is 19.6. The van der Waals surface area contributed by atoms with E-state index in [-0.39, 0.29) is 18.3 Å². The quantitative estimate of drug-likeness (QED) is 0.144.